The number of aliphatic hydroxyl groups excluding tert-OH is 1. The summed E-state index contributed by atoms with van der Waals surface area (Å²) < 4.78 is 5.42. The fourth-order valence-corrected chi connectivity index (χ4v) is 2.32. The highest BCUT2D eigenvalue weighted by Gasteiger charge is 2.30. The fourth-order valence-electron chi connectivity index (χ4n) is 2.32. The topological polar surface area (TPSA) is 58.6 Å². The average molecular weight is 273 g/mol. The van der Waals surface area contributed by atoms with Crippen molar-refractivity contribution in [2.75, 3.05) is 18.5 Å². The van der Waals surface area contributed by atoms with E-state index in [0.29, 0.717) is 6.61 Å². The molecule has 106 valence electrons. The molecule has 1 aliphatic rings. The second-order valence-electron chi connectivity index (χ2n) is 4.95. The number of aryl methyl sites for hydroxylation is 1. The predicted molar refractivity (Wildman–Crippen MR) is 77.3 cm³/mol. The Labute approximate surface area is 119 Å². The van der Waals surface area contributed by atoms with Crippen molar-refractivity contribution in [2.45, 2.75) is 26.4 Å². The van der Waals surface area contributed by atoms with E-state index in [1.807, 2.05) is 32.0 Å². The van der Waals surface area contributed by atoms with Crippen molar-refractivity contribution < 1.29 is 14.6 Å². The van der Waals surface area contributed by atoms with Crippen molar-refractivity contribution in [2.24, 2.45) is 5.92 Å². The number of hydrogen-bond acceptors (Lipinski definition) is 3. The predicted octanol–water partition coefficient (Wildman–Crippen LogP) is 1.70. The number of carbonyl (C=O) groups excluding carboxylic acids is 1. The average Bonchev–Trinajstić information content (AvgIpc) is 2.85. The van der Waals surface area contributed by atoms with Crippen LogP contribution >= 0.6 is 0 Å². The van der Waals surface area contributed by atoms with Gasteiger partial charge in [-0.3, -0.25) is 4.79 Å². The summed E-state index contributed by atoms with van der Waals surface area (Å²) in [5, 5.41) is 11.6. The summed E-state index contributed by atoms with van der Waals surface area (Å²) in [5.41, 5.74) is 2.57. The Kier molecular flexibility index (Phi) is 4.78. The van der Waals surface area contributed by atoms with E-state index in [4.69, 9.17) is 9.84 Å². The summed E-state index contributed by atoms with van der Waals surface area (Å²) in [6.45, 7) is 4.34. The van der Waals surface area contributed by atoms with Crippen molar-refractivity contribution >= 4 is 11.6 Å². The minimum atomic E-state index is -0.156. The van der Waals surface area contributed by atoms with Gasteiger partial charge in [0.15, 0.2) is 0 Å². The summed E-state index contributed by atoms with van der Waals surface area (Å²) in [5.74, 6) is 5.38. The van der Waals surface area contributed by atoms with Crippen LogP contribution in [0.25, 0.3) is 0 Å². The lowest BCUT2D eigenvalue weighted by atomic mass is 10.0. The third-order valence-electron chi connectivity index (χ3n) is 3.51. The molecule has 1 heterocycles. The van der Waals surface area contributed by atoms with E-state index in [0.717, 1.165) is 23.2 Å². The summed E-state index contributed by atoms with van der Waals surface area (Å²) in [7, 11) is 0. The van der Waals surface area contributed by atoms with Crippen LogP contribution in [-0.4, -0.2) is 30.3 Å². The molecule has 1 saturated heterocycles. The largest absolute Gasteiger partial charge is 0.384 e. The first-order valence-corrected chi connectivity index (χ1v) is 6.74. The SMILES string of the molecule is Cc1cc(C#CCO)ccc1NC(=O)C1CCOC1C. The molecular formula is C16H19NO3. The van der Waals surface area contributed by atoms with E-state index in [1.165, 1.54) is 0 Å². The number of rotatable bonds is 2. The number of aliphatic hydroxyl groups is 1. The van der Waals surface area contributed by atoms with Gasteiger partial charge in [0.2, 0.25) is 5.91 Å². The highest BCUT2D eigenvalue weighted by molar-refractivity contribution is 5.93. The quantitative estimate of drug-likeness (QED) is 0.806. The van der Waals surface area contributed by atoms with Gasteiger partial charge in [0.25, 0.3) is 0 Å². The van der Waals surface area contributed by atoms with Crippen molar-refractivity contribution in [3.63, 3.8) is 0 Å². The molecule has 0 aromatic heterocycles. The Morgan fingerprint density at radius 2 is 2.35 bits per heavy atom. The number of benzene rings is 1. The lowest BCUT2D eigenvalue weighted by Gasteiger charge is -2.15. The molecule has 1 fully saturated rings. The van der Waals surface area contributed by atoms with Gasteiger partial charge in [0.05, 0.1) is 12.0 Å². The zero-order chi connectivity index (χ0) is 14.5. The number of ether oxygens (including phenoxy) is 1. The number of amides is 1. The molecule has 0 bridgehead atoms. The van der Waals surface area contributed by atoms with Crippen LogP contribution in [-0.2, 0) is 9.53 Å². The van der Waals surface area contributed by atoms with Crippen molar-refractivity contribution in [3.05, 3.63) is 29.3 Å². The van der Waals surface area contributed by atoms with Crippen LogP contribution in [0.4, 0.5) is 5.69 Å². The molecule has 20 heavy (non-hydrogen) atoms. The molecule has 0 spiro atoms. The molecule has 1 aromatic carbocycles. The Hall–Kier alpha value is -1.83. The number of hydrogen-bond donors (Lipinski definition) is 2. The Morgan fingerprint density at radius 3 is 2.95 bits per heavy atom. The van der Waals surface area contributed by atoms with Gasteiger partial charge in [-0.25, -0.2) is 0 Å². The number of nitrogens with one attached hydrogen (secondary N) is 1. The van der Waals surface area contributed by atoms with Gasteiger partial charge in [-0.05, 0) is 44.0 Å². The summed E-state index contributed by atoms with van der Waals surface area (Å²) in [6, 6.07) is 5.57. The third-order valence-corrected chi connectivity index (χ3v) is 3.51. The Bertz CT molecular complexity index is 557. The second-order valence-corrected chi connectivity index (χ2v) is 4.95. The maximum Gasteiger partial charge on any atom is 0.230 e. The molecule has 4 heteroatoms. The molecule has 1 aliphatic heterocycles. The molecule has 0 radical (unpaired) electrons. The van der Waals surface area contributed by atoms with Gasteiger partial charge in [0.1, 0.15) is 6.61 Å². The van der Waals surface area contributed by atoms with Crippen molar-refractivity contribution in [3.8, 4) is 11.8 Å². The van der Waals surface area contributed by atoms with Gasteiger partial charge >= 0.3 is 0 Å². The smallest absolute Gasteiger partial charge is 0.230 e. The van der Waals surface area contributed by atoms with E-state index in [9.17, 15) is 4.79 Å². The van der Waals surface area contributed by atoms with Crippen LogP contribution in [0.15, 0.2) is 18.2 Å². The van der Waals surface area contributed by atoms with Crippen LogP contribution < -0.4 is 5.32 Å². The molecule has 0 saturated carbocycles. The highest BCUT2D eigenvalue weighted by atomic mass is 16.5. The fraction of sp³-hybridized carbons (Fsp3) is 0.438. The zero-order valence-electron chi connectivity index (χ0n) is 11.8. The van der Waals surface area contributed by atoms with Crippen LogP contribution in [0, 0.1) is 24.7 Å². The third kappa shape index (κ3) is 3.38. The van der Waals surface area contributed by atoms with Crippen molar-refractivity contribution in [1.82, 2.24) is 0 Å². The molecule has 1 aromatic rings. The first-order chi connectivity index (χ1) is 9.61. The lowest BCUT2D eigenvalue weighted by Crippen LogP contribution is -2.28. The monoisotopic (exact) mass is 273 g/mol. The Morgan fingerprint density at radius 1 is 1.55 bits per heavy atom. The zero-order valence-corrected chi connectivity index (χ0v) is 11.8. The summed E-state index contributed by atoms with van der Waals surface area (Å²) in [4.78, 5) is 12.2. The van der Waals surface area contributed by atoms with Gasteiger partial charge in [-0.15, -0.1) is 0 Å². The molecule has 1 amide bonds. The van der Waals surface area contributed by atoms with E-state index in [-0.39, 0.29) is 24.5 Å². The maximum atomic E-state index is 12.2. The normalized spacial score (nSPS) is 21.1. The second kappa shape index (κ2) is 6.56. The van der Waals surface area contributed by atoms with Gasteiger partial charge in [-0.1, -0.05) is 11.8 Å². The van der Waals surface area contributed by atoms with Gasteiger partial charge in [-0.2, -0.15) is 0 Å². The van der Waals surface area contributed by atoms with Crippen LogP contribution in [0.5, 0.6) is 0 Å². The maximum absolute atomic E-state index is 12.2. The summed E-state index contributed by atoms with van der Waals surface area (Å²) in [6.07, 6.45) is 0.747. The van der Waals surface area contributed by atoms with Crippen LogP contribution in [0.2, 0.25) is 0 Å². The number of anilines is 1. The minimum absolute atomic E-state index is 0.00675. The first-order valence-electron chi connectivity index (χ1n) is 6.74. The van der Waals surface area contributed by atoms with Crippen molar-refractivity contribution in [1.29, 1.82) is 0 Å². The van der Waals surface area contributed by atoms with Crippen LogP contribution in [0.1, 0.15) is 24.5 Å². The van der Waals surface area contributed by atoms with Gasteiger partial charge < -0.3 is 15.2 Å². The standard InChI is InChI=1S/C16H19NO3/c1-11-10-13(4-3-8-18)5-6-15(11)17-16(19)14-7-9-20-12(14)2/h5-6,10,12,14,18H,7-9H2,1-2H3,(H,17,19). The van der Waals surface area contributed by atoms with Gasteiger partial charge in [0, 0.05) is 17.9 Å². The molecular weight excluding hydrogens is 254 g/mol. The van der Waals surface area contributed by atoms with E-state index >= 15 is 0 Å². The molecule has 2 atom stereocenters. The van der Waals surface area contributed by atoms with Crippen LogP contribution in [0.3, 0.4) is 0 Å². The summed E-state index contributed by atoms with van der Waals surface area (Å²) >= 11 is 0. The Balaban J connectivity index is 2.08. The lowest BCUT2D eigenvalue weighted by molar-refractivity contribution is -0.121. The molecule has 4 nitrogen and oxygen atoms in total. The first kappa shape index (κ1) is 14.6. The van der Waals surface area contributed by atoms with E-state index < -0.39 is 0 Å². The molecule has 2 rings (SSSR count). The number of carbonyl (C=O) groups is 1. The molecule has 2 unspecified atom stereocenters. The van der Waals surface area contributed by atoms with E-state index in [1.54, 1.807) is 0 Å². The molecule has 2 N–H and O–H groups in total. The highest BCUT2D eigenvalue weighted by Crippen LogP contribution is 2.23. The van der Waals surface area contributed by atoms with E-state index in [2.05, 4.69) is 17.2 Å². The molecule has 0 aliphatic carbocycles. The minimum Gasteiger partial charge on any atom is -0.384 e.